The van der Waals surface area contributed by atoms with Crippen LogP contribution in [0.2, 0.25) is 10.0 Å². The first-order valence-corrected chi connectivity index (χ1v) is 7.73. The number of hydrogen-bond acceptors (Lipinski definition) is 5. The van der Waals surface area contributed by atoms with E-state index in [9.17, 15) is 9.59 Å². The predicted octanol–water partition coefficient (Wildman–Crippen LogP) is 4.01. The van der Waals surface area contributed by atoms with Crippen LogP contribution in [0.3, 0.4) is 0 Å². The summed E-state index contributed by atoms with van der Waals surface area (Å²) in [6.07, 6.45) is -0.986. The first-order valence-electron chi connectivity index (χ1n) is 6.97. The van der Waals surface area contributed by atoms with Crippen molar-refractivity contribution in [3.05, 3.63) is 57.6 Å². The molecule has 0 bridgehead atoms. The number of Topliss-reactive ketones (excluding diaryl/α,β-unsaturated/α-hetero) is 1. The van der Waals surface area contributed by atoms with Crippen LogP contribution in [0.15, 0.2) is 36.4 Å². The third-order valence-electron chi connectivity index (χ3n) is 3.32. The van der Waals surface area contributed by atoms with Crippen molar-refractivity contribution in [1.82, 2.24) is 0 Å². The lowest BCUT2D eigenvalue weighted by Gasteiger charge is -2.15. The van der Waals surface area contributed by atoms with Crippen molar-refractivity contribution in [2.45, 2.75) is 13.0 Å². The van der Waals surface area contributed by atoms with E-state index in [4.69, 9.17) is 38.4 Å². The summed E-state index contributed by atoms with van der Waals surface area (Å²) in [4.78, 5) is 24.6. The van der Waals surface area contributed by atoms with E-state index in [0.717, 1.165) is 0 Å². The van der Waals surface area contributed by atoms with Gasteiger partial charge in [0.1, 0.15) is 11.3 Å². The van der Waals surface area contributed by atoms with Gasteiger partial charge in [-0.3, -0.25) is 4.79 Å². The average Bonchev–Trinajstić information content (AvgIpc) is 2.56. The molecular formula is C17H15Cl2NO4. The lowest BCUT2D eigenvalue weighted by Crippen LogP contribution is -2.24. The number of anilines is 1. The highest BCUT2D eigenvalue weighted by Gasteiger charge is 2.23. The number of carbonyl (C=O) groups is 2. The summed E-state index contributed by atoms with van der Waals surface area (Å²) in [5.41, 5.74) is 6.43. The van der Waals surface area contributed by atoms with Gasteiger partial charge in [0.25, 0.3) is 0 Å². The molecule has 0 heterocycles. The molecule has 1 atom stereocenters. The maximum absolute atomic E-state index is 12.3. The van der Waals surface area contributed by atoms with Gasteiger partial charge in [-0.1, -0.05) is 23.2 Å². The van der Waals surface area contributed by atoms with Gasteiger partial charge in [0.2, 0.25) is 5.78 Å². The van der Waals surface area contributed by atoms with Crippen molar-refractivity contribution in [2.75, 3.05) is 12.8 Å². The fraction of sp³-hybridized carbons (Fsp3) is 0.176. The Balaban J connectivity index is 2.18. The van der Waals surface area contributed by atoms with Crippen LogP contribution >= 0.6 is 23.2 Å². The third kappa shape index (κ3) is 3.99. The van der Waals surface area contributed by atoms with Gasteiger partial charge < -0.3 is 15.2 Å². The average molecular weight is 368 g/mol. The van der Waals surface area contributed by atoms with E-state index in [1.165, 1.54) is 26.2 Å². The molecule has 126 valence electrons. The third-order valence-corrected chi connectivity index (χ3v) is 3.90. The fourth-order valence-electron chi connectivity index (χ4n) is 2.02. The number of ketones is 1. The SMILES string of the molecule is COc1cc(N)c(Cl)cc1C(=O)OC(C)C(=O)c1ccc(Cl)cc1. The van der Waals surface area contributed by atoms with Crippen LogP contribution in [0.1, 0.15) is 27.6 Å². The normalized spacial score (nSPS) is 11.7. The molecule has 0 spiro atoms. The second-order valence-electron chi connectivity index (χ2n) is 4.99. The molecule has 5 nitrogen and oxygen atoms in total. The van der Waals surface area contributed by atoms with E-state index < -0.39 is 12.1 Å². The highest BCUT2D eigenvalue weighted by Crippen LogP contribution is 2.29. The van der Waals surface area contributed by atoms with Crippen molar-refractivity contribution in [3.8, 4) is 5.75 Å². The zero-order chi connectivity index (χ0) is 17.9. The van der Waals surface area contributed by atoms with Crippen LogP contribution in [0.4, 0.5) is 5.69 Å². The number of esters is 1. The summed E-state index contributed by atoms with van der Waals surface area (Å²) in [6.45, 7) is 1.49. The molecule has 2 aromatic carbocycles. The van der Waals surface area contributed by atoms with Gasteiger partial charge in [-0.05, 0) is 37.3 Å². The second-order valence-corrected chi connectivity index (χ2v) is 5.84. The number of carbonyl (C=O) groups excluding carboxylic acids is 2. The molecule has 0 amide bonds. The number of nitrogen functional groups attached to an aromatic ring is 1. The quantitative estimate of drug-likeness (QED) is 0.490. The fourth-order valence-corrected chi connectivity index (χ4v) is 2.31. The zero-order valence-corrected chi connectivity index (χ0v) is 14.5. The van der Waals surface area contributed by atoms with Gasteiger partial charge in [-0.25, -0.2) is 4.79 Å². The molecule has 2 rings (SSSR count). The van der Waals surface area contributed by atoms with Gasteiger partial charge in [0, 0.05) is 16.7 Å². The molecular weight excluding hydrogens is 353 g/mol. The summed E-state index contributed by atoms with van der Waals surface area (Å²) in [5, 5.41) is 0.705. The van der Waals surface area contributed by atoms with Gasteiger partial charge in [0.15, 0.2) is 6.10 Å². The van der Waals surface area contributed by atoms with E-state index in [2.05, 4.69) is 0 Å². The molecule has 7 heteroatoms. The molecule has 0 saturated heterocycles. The summed E-state index contributed by atoms with van der Waals surface area (Å²) < 4.78 is 10.3. The molecule has 0 fully saturated rings. The number of hydrogen-bond donors (Lipinski definition) is 1. The van der Waals surface area contributed by atoms with Crippen molar-refractivity contribution in [2.24, 2.45) is 0 Å². The Morgan fingerprint density at radius 2 is 1.75 bits per heavy atom. The van der Waals surface area contributed by atoms with Gasteiger partial charge in [0.05, 0.1) is 17.8 Å². The van der Waals surface area contributed by atoms with E-state index >= 15 is 0 Å². The molecule has 0 aliphatic carbocycles. The van der Waals surface area contributed by atoms with Crippen molar-refractivity contribution < 1.29 is 19.1 Å². The second kappa shape index (κ2) is 7.55. The highest BCUT2D eigenvalue weighted by atomic mass is 35.5. The first-order chi connectivity index (χ1) is 11.3. The Hall–Kier alpha value is -2.24. The lowest BCUT2D eigenvalue weighted by molar-refractivity contribution is 0.0316. The minimum absolute atomic E-state index is 0.0902. The number of benzene rings is 2. The van der Waals surface area contributed by atoms with Crippen LogP contribution in [-0.2, 0) is 4.74 Å². The Kier molecular flexibility index (Phi) is 5.70. The van der Waals surface area contributed by atoms with Crippen LogP contribution in [0.5, 0.6) is 5.75 Å². The van der Waals surface area contributed by atoms with E-state index in [-0.39, 0.29) is 27.8 Å². The standard InChI is InChI=1S/C17H15Cl2NO4/c1-9(16(21)10-3-5-11(18)6-4-10)24-17(22)12-7-13(19)14(20)8-15(12)23-2/h3-9H,20H2,1-2H3. The highest BCUT2D eigenvalue weighted by molar-refractivity contribution is 6.33. The largest absolute Gasteiger partial charge is 0.496 e. The summed E-state index contributed by atoms with van der Waals surface area (Å²) >= 11 is 11.7. The molecule has 2 aromatic rings. The Bertz CT molecular complexity index is 775. The molecule has 0 aliphatic rings. The Morgan fingerprint density at radius 1 is 1.12 bits per heavy atom. The molecule has 0 aromatic heterocycles. The van der Waals surface area contributed by atoms with E-state index in [0.29, 0.717) is 10.6 Å². The van der Waals surface area contributed by atoms with Crippen molar-refractivity contribution >= 4 is 40.6 Å². The molecule has 0 saturated carbocycles. The topological polar surface area (TPSA) is 78.6 Å². The minimum atomic E-state index is -0.986. The van der Waals surface area contributed by atoms with Crippen LogP contribution < -0.4 is 10.5 Å². The number of ether oxygens (including phenoxy) is 2. The number of nitrogens with two attached hydrogens (primary N) is 1. The van der Waals surface area contributed by atoms with Crippen molar-refractivity contribution in [1.29, 1.82) is 0 Å². The molecule has 0 aliphatic heterocycles. The maximum Gasteiger partial charge on any atom is 0.342 e. The molecule has 24 heavy (non-hydrogen) atoms. The summed E-state index contributed by atoms with van der Waals surface area (Å²) in [6, 6.07) is 9.08. The predicted molar refractivity (Wildman–Crippen MR) is 93.1 cm³/mol. The monoisotopic (exact) mass is 367 g/mol. The lowest BCUT2D eigenvalue weighted by atomic mass is 10.1. The molecule has 2 N–H and O–H groups in total. The van der Waals surface area contributed by atoms with Gasteiger partial charge in [-0.2, -0.15) is 0 Å². The molecule has 0 radical (unpaired) electrons. The van der Waals surface area contributed by atoms with Gasteiger partial charge in [-0.15, -0.1) is 0 Å². The maximum atomic E-state index is 12.3. The Morgan fingerprint density at radius 3 is 2.33 bits per heavy atom. The van der Waals surface area contributed by atoms with Crippen LogP contribution in [0, 0.1) is 0 Å². The Labute approximate surface area is 149 Å². The van der Waals surface area contributed by atoms with E-state index in [1.54, 1.807) is 24.3 Å². The number of halogens is 2. The van der Waals surface area contributed by atoms with Crippen molar-refractivity contribution in [3.63, 3.8) is 0 Å². The minimum Gasteiger partial charge on any atom is -0.496 e. The molecule has 1 unspecified atom stereocenters. The number of rotatable bonds is 5. The zero-order valence-electron chi connectivity index (χ0n) is 13.0. The summed E-state index contributed by atoms with van der Waals surface area (Å²) in [5.74, 6) is -0.864. The summed E-state index contributed by atoms with van der Waals surface area (Å²) in [7, 11) is 1.39. The smallest absolute Gasteiger partial charge is 0.342 e. The van der Waals surface area contributed by atoms with Crippen LogP contribution in [-0.4, -0.2) is 25.0 Å². The van der Waals surface area contributed by atoms with Gasteiger partial charge >= 0.3 is 5.97 Å². The van der Waals surface area contributed by atoms with E-state index in [1.807, 2.05) is 0 Å². The van der Waals surface area contributed by atoms with Crippen LogP contribution in [0.25, 0.3) is 0 Å². The first kappa shape index (κ1) is 18.1. The number of methoxy groups -OCH3 is 1.